The normalized spacial score (nSPS) is 12.0. The van der Waals surface area contributed by atoms with Crippen LogP contribution in [0.1, 0.15) is 0 Å². The Kier molecular flexibility index (Phi) is 4.71. The molecule has 0 aliphatic rings. The van der Waals surface area contributed by atoms with Gasteiger partial charge in [0.15, 0.2) is 0 Å². The standard InChI is InChI=1S/C37H21NS2/c1-2-10-27-26(9-1)36(22-13-15-34-29(19-22)24-7-3-5-11-32(24)39-34)28-17-18-38-21-31(28)37(27)23-14-16-35-30(20-23)25-8-4-6-12-33(25)40-35/h1-21H. The maximum Gasteiger partial charge on any atom is 0.0355 e. The average Bonchev–Trinajstić information content (AvgIpc) is 3.57. The lowest BCUT2D eigenvalue weighted by molar-refractivity contribution is 1.37. The molecule has 40 heavy (non-hydrogen) atoms. The van der Waals surface area contributed by atoms with E-state index in [0.717, 1.165) is 0 Å². The van der Waals surface area contributed by atoms with Crippen molar-refractivity contribution < 1.29 is 0 Å². The number of pyridine rings is 1. The fourth-order valence-electron chi connectivity index (χ4n) is 6.41. The van der Waals surface area contributed by atoms with Crippen molar-refractivity contribution in [2.24, 2.45) is 0 Å². The molecule has 0 bridgehead atoms. The predicted octanol–water partition coefficient (Wildman–Crippen LogP) is 11.5. The van der Waals surface area contributed by atoms with Gasteiger partial charge in [0, 0.05) is 58.1 Å². The van der Waals surface area contributed by atoms with Crippen molar-refractivity contribution in [3.8, 4) is 22.3 Å². The molecule has 9 rings (SSSR count). The summed E-state index contributed by atoms with van der Waals surface area (Å²) in [6.45, 7) is 0. The fraction of sp³-hybridized carbons (Fsp3) is 0. The van der Waals surface area contributed by atoms with E-state index in [-0.39, 0.29) is 0 Å². The van der Waals surface area contributed by atoms with Gasteiger partial charge in [-0.2, -0.15) is 0 Å². The number of nitrogens with zero attached hydrogens (tertiary/aromatic N) is 1. The number of aromatic nitrogens is 1. The molecule has 0 saturated heterocycles. The van der Waals surface area contributed by atoms with Gasteiger partial charge in [0.1, 0.15) is 0 Å². The van der Waals surface area contributed by atoms with Gasteiger partial charge in [-0.1, -0.05) is 72.8 Å². The van der Waals surface area contributed by atoms with Gasteiger partial charge < -0.3 is 0 Å². The molecule has 0 spiro atoms. The number of benzene rings is 6. The number of thiophene rings is 2. The van der Waals surface area contributed by atoms with Crippen LogP contribution in [0.25, 0.3) is 84.1 Å². The Morgan fingerprint density at radius 2 is 0.825 bits per heavy atom. The highest BCUT2D eigenvalue weighted by molar-refractivity contribution is 7.26. The van der Waals surface area contributed by atoms with Gasteiger partial charge >= 0.3 is 0 Å². The topological polar surface area (TPSA) is 12.9 Å². The molecular formula is C37H21NS2. The van der Waals surface area contributed by atoms with Crippen LogP contribution in [-0.2, 0) is 0 Å². The summed E-state index contributed by atoms with van der Waals surface area (Å²) in [6, 6.07) is 42.4. The zero-order valence-electron chi connectivity index (χ0n) is 21.4. The molecule has 186 valence electrons. The maximum absolute atomic E-state index is 4.63. The van der Waals surface area contributed by atoms with E-state index in [4.69, 9.17) is 0 Å². The number of hydrogen-bond acceptors (Lipinski definition) is 3. The van der Waals surface area contributed by atoms with Crippen LogP contribution in [0.4, 0.5) is 0 Å². The molecule has 0 amide bonds. The Bertz CT molecular complexity index is 2220. The first kappa shape index (κ1) is 22.3. The summed E-state index contributed by atoms with van der Waals surface area (Å²) in [5.41, 5.74) is 5.00. The van der Waals surface area contributed by atoms with Crippen LogP contribution < -0.4 is 0 Å². The Morgan fingerprint density at radius 3 is 1.40 bits per heavy atom. The minimum Gasteiger partial charge on any atom is -0.264 e. The third kappa shape index (κ3) is 3.16. The van der Waals surface area contributed by atoms with Crippen LogP contribution in [0.15, 0.2) is 128 Å². The zero-order valence-corrected chi connectivity index (χ0v) is 23.0. The van der Waals surface area contributed by atoms with E-state index in [9.17, 15) is 0 Å². The van der Waals surface area contributed by atoms with Crippen molar-refractivity contribution in [1.29, 1.82) is 0 Å². The highest BCUT2D eigenvalue weighted by atomic mass is 32.1. The van der Waals surface area contributed by atoms with E-state index in [1.165, 1.54) is 84.1 Å². The van der Waals surface area contributed by atoms with Crippen LogP contribution in [0, 0.1) is 0 Å². The van der Waals surface area contributed by atoms with Gasteiger partial charge in [0.05, 0.1) is 0 Å². The molecule has 3 heterocycles. The zero-order chi connectivity index (χ0) is 26.2. The van der Waals surface area contributed by atoms with E-state index >= 15 is 0 Å². The summed E-state index contributed by atoms with van der Waals surface area (Å²) in [7, 11) is 0. The second kappa shape index (κ2) is 8.46. The van der Waals surface area contributed by atoms with Crippen molar-refractivity contribution in [3.05, 3.63) is 128 Å². The molecule has 3 heteroatoms. The minimum absolute atomic E-state index is 1.19. The highest BCUT2D eigenvalue weighted by Crippen LogP contribution is 2.46. The largest absolute Gasteiger partial charge is 0.264 e. The Balaban J connectivity index is 1.38. The molecule has 0 fully saturated rings. The lowest BCUT2D eigenvalue weighted by Gasteiger charge is -2.17. The molecule has 0 aliphatic heterocycles. The van der Waals surface area contributed by atoms with Crippen LogP contribution in [0.2, 0.25) is 0 Å². The quantitative estimate of drug-likeness (QED) is 0.198. The average molecular weight is 544 g/mol. The van der Waals surface area contributed by atoms with Gasteiger partial charge in [-0.25, -0.2) is 0 Å². The molecule has 0 aliphatic carbocycles. The second-order valence-electron chi connectivity index (χ2n) is 10.3. The van der Waals surface area contributed by atoms with E-state index in [2.05, 4.69) is 126 Å². The van der Waals surface area contributed by atoms with Crippen LogP contribution in [0.5, 0.6) is 0 Å². The van der Waals surface area contributed by atoms with Crippen molar-refractivity contribution >= 4 is 84.6 Å². The predicted molar refractivity (Wildman–Crippen MR) is 176 cm³/mol. The highest BCUT2D eigenvalue weighted by Gasteiger charge is 2.18. The lowest BCUT2D eigenvalue weighted by Crippen LogP contribution is -1.91. The molecule has 1 nitrogen and oxygen atoms in total. The van der Waals surface area contributed by atoms with Crippen molar-refractivity contribution in [1.82, 2.24) is 4.98 Å². The summed E-state index contributed by atoms with van der Waals surface area (Å²) in [5.74, 6) is 0. The SMILES string of the molecule is c1ccc2c(c1)sc1ccc(-c3c4ccccc4c(-c4ccc5sc6ccccc6c5c4)c4cnccc34)cc12. The fourth-order valence-corrected chi connectivity index (χ4v) is 8.58. The van der Waals surface area contributed by atoms with E-state index in [1.807, 2.05) is 28.9 Å². The summed E-state index contributed by atoms with van der Waals surface area (Å²) in [5, 5.41) is 10.2. The van der Waals surface area contributed by atoms with Gasteiger partial charge in [0.25, 0.3) is 0 Å². The second-order valence-corrected chi connectivity index (χ2v) is 12.5. The smallest absolute Gasteiger partial charge is 0.0355 e. The first-order valence-corrected chi connectivity index (χ1v) is 15.1. The Labute approximate surface area is 238 Å². The van der Waals surface area contributed by atoms with Gasteiger partial charge in [-0.15, -0.1) is 22.7 Å². The molecule has 0 saturated carbocycles. The van der Waals surface area contributed by atoms with Gasteiger partial charge in [-0.3, -0.25) is 4.98 Å². The number of hydrogen-bond donors (Lipinski definition) is 0. The monoisotopic (exact) mass is 543 g/mol. The third-order valence-electron chi connectivity index (χ3n) is 8.16. The summed E-state index contributed by atoms with van der Waals surface area (Å²) < 4.78 is 5.32. The van der Waals surface area contributed by atoms with Gasteiger partial charge in [0.2, 0.25) is 0 Å². The molecule has 0 atom stereocenters. The Morgan fingerprint density at radius 1 is 0.375 bits per heavy atom. The molecule has 6 aromatic carbocycles. The molecular weight excluding hydrogens is 523 g/mol. The lowest BCUT2D eigenvalue weighted by atomic mass is 9.86. The van der Waals surface area contributed by atoms with Crippen LogP contribution in [0.3, 0.4) is 0 Å². The number of rotatable bonds is 2. The summed E-state index contributed by atoms with van der Waals surface area (Å²) in [6.07, 6.45) is 3.98. The van der Waals surface area contributed by atoms with E-state index in [1.54, 1.807) is 0 Å². The minimum atomic E-state index is 1.19. The van der Waals surface area contributed by atoms with E-state index in [0.29, 0.717) is 0 Å². The van der Waals surface area contributed by atoms with Gasteiger partial charge in [-0.05, 0) is 80.9 Å². The summed E-state index contributed by atoms with van der Waals surface area (Å²) >= 11 is 3.73. The van der Waals surface area contributed by atoms with Crippen molar-refractivity contribution in [2.45, 2.75) is 0 Å². The first-order chi connectivity index (χ1) is 19.8. The van der Waals surface area contributed by atoms with Crippen molar-refractivity contribution in [2.75, 3.05) is 0 Å². The van der Waals surface area contributed by atoms with Crippen LogP contribution in [-0.4, -0.2) is 4.98 Å². The van der Waals surface area contributed by atoms with E-state index < -0.39 is 0 Å². The molecule has 0 N–H and O–H groups in total. The molecule has 3 aromatic heterocycles. The molecule has 0 unspecified atom stereocenters. The summed E-state index contributed by atoms with van der Waals surface area (Å²) in [4.78, 5) is 4.63. The molecule has 9 aromatic rings. The Hall–Kier alpha value is -4.57. The number of fused-ring (bicyclic) bond motifs is 8. The first-order valence-electron chi connectivity index (χ1n) is 13.5. The van der Waals surface area contributed by atoms with Crippen molar-refractivity contribution in [3.63, 3.8) is 0 Å². The third-order valence-corrected chi connectivity index (χ3v) is 10.5. The molecule has 0 radical (unpaired) electrons. The van der Waals surface area contributed by atoms with Crippen LogP contribution >= 0.6 is 22.7 Å². The maximum atomic E-state index is 4.63.